The van der Waals surface area contributed by atoms with Gasteiger partial charge in [0.2, 0.25) is 11.8 Å². The van der Waals surface area contributed by atoms with Crippen LogP contribution in [-0.4, -0.2) is 70.6 Å². The van der Waals surface area contributed by atoms with E-state index in [4.69, 9.17) is 14.2 Å². The van der Waals surface area contributed by atoms with Gasteiger partial charge in [-0.3, -0.25) is 4.79 Å². The van der Waals surface area contributed by atoms with Crippen LogP contribution in [0.4, 0.5) is 13.6 Å². The number of aldehydes is 1. The number of alkyl carbamates (subject to hydrolysis) is 1. The molecular weight excluding hydrogens is 586 g/mol. The Bertz CT molecular complexity index is 1520. The van der Waals surface area contributed by atoms with Crippen molar-refractivity contribution in [2.45, 2.75) is 103 Å². The molecule has 6 rings (SSSR count). The highest BCUT2D eigenvalue weighted by molar-refractivity contribution is 5.89. The van der Waals surface area contributed by atoms with E-state index in [2.05, 4.69) is 15.3 Å². The maximum atomic E-state index is 16.7. The zero-order chi connectivity index (χ0) is 32.5. The summed E-state index contributed by atoms with van der Waals surface area (Å²) in [5, 5.41) is 2.77. The van der Waals surface area contributed by atoms with Crippen molar-refractivity contribution in [2.24, 2.45) is 22.7 Å². The first-order chi connectivity index (χ1) is 21.1. The number of nitrogens with zero attached hydrogens (tertiary/aromatic N) is 3. The fraction of sp³-hybridized carbons (Fsp3) is 0.667. The molecule has 2 aliphatic carbocycles. The summed E-state index contributed by atoms with van der Waals surface area (Å²) in [6, 6.07) is 2.92. The Morgan fingerprint density at radius 2 is 1.87 bits per heavy atom. The maximum Gasteiger partial charge on any atom is 0.408 e. The largest absolute Gasteiger partial charge is 0.497 e. The van der Waals surface area contributed by atoms with E-state index in [0.29, 0.717) is 49.7 Å². The summed E-state index contributed by atoms with van der Waals surface area (Å²) in [7, 11) is 1.50. The van der Waals surface area contributed by atoms with Crippen molar-refractivity contribution in [1.29, 1.82) is 0 Å². The molecule has 3 heterocycles. The number of halogens is 2. The van der Waals surface area contributed by atoms with Crippen LogP contribution >= 0.6 is 0 Å². The number of hydrogen-bond donors (Lipinski definition) is 1. The standard InChI is InChI=1S/C33H42F2N4O6/c1-18-23(17-40)39-16-24(18)44-27-25(36-21-10-9-20(43-6)14-22(21)37-27)33(34,35)32(12-13-32)11-7-8-19-15-31(19,5)45-29(42)38-26(28(39)41)30(2,3)4/h9-10,14,17-19,23-24,26H,7-8,11-13,15-16H2,1-6H3,(H,38,42)/t18-,19+,23+,24-,26+,31+/m0/s1. The number of carbonyl (C=O) groups is 3. The van der Waals surface area contributed by atoms with Gasteiger partial charge >= 0.3 is 12.0 Å². The number of fused-ring (bicyclic) bond motifs is 5. The summed E-state index contributed by atoms with van der Waals surface area (Å²) < 4.78 is 50.8. The SMILES string of the molecule is COc1ccc2nc3c(nc2c1)O[C@H]1CN(C(=O)[C@H](C(C)(C)C)NC(=O)O[C@]2(C)C[C@H]2CCCC2(CC2)C3(F)F)[C@H](C=O)[C@@H]1C. The molecule has 1 N–H and O–H groups in total. The van der Waals surface area contributed by atoms with Crippen LogP contribution in [0.15, 0.2) is 18.2 Å². The van der Waals surface area contributed by atoms with Crippen molar-refractivity contribution in [1.82, 2.24) is 20.2 Å². The van der Waals surface area contributed by atoms with Gasteiger partial charge in [0.25, 0.3) is 0 Å². The molecule has 10 nitrogen and oxygen atoms in total. The Morgan fingerprint density at radius 3 is 2.51 bits per heavy atom. The molecule has 0 radical (unpaired) electrons. The lowest BCUT2D eigenvalue weighted by atomic mass is 9.85. The van der Waals surface area contributed by atoms with Gasteiger partial charge in [-0.05, 0) is 56.6 Å². The highest BCUT2D eigenvalue weighted by Crippen LogP contribution is 2.65. The number of ether oxygens (including phenoxy) is 3. The summed E-state index contributed by atoms with van der Waals surface area (Å²) in [5.41, 5.74) is -2.67. The molecule has 12 heteroatoms. The average Bonchev–Trinajstić information content (AvgIpc) is 3.87. The van der Waals surface area contributed by atoms with Crippen LogP contribution in [0.25, 0.3) is 11.0 Å². The van der Waals surface area contributed by atoms with Crippen LogP contribution in [0.3, 0.4) is 0 Å². The summed E-state index contributed by atoms with van der Waals surface area (Å²) in [4.78, 5) is 49.9. The molecule has 45 heavy (non-hydrogen) atoms. The van der Waals surface area contributed by atoms with Crippen LogP contribution in [0.1, 0.15) is 78.8 Å². The van der Waals surface area contributed by atoms with Gasteiger partial charge in [0, 0.05) is 23.3 Å². The van der Waals surface area contributed by atoms with Gasteiger partial charge in [-0.1, -0.05) is 34.1 Å². The minimum Gasteiger partial charge on any atom is -0.497 e. The van der Waals surface area contributed by atoms with Crippen molar-refractivity contribution in [3.8, 4) is 11.6 Å². The number of carbonyl (C=O) groups excluding carboxylic acids is 3. The summed E-state index contributed by atoms with van der Waals surface area (Å²) in [6.07, 6.45) is 1.85. The van der Waals surface area contributed by atoms with Crippen LogP contribution in [0.5, 0.6) is 11.6 Å². The van der Waals surface area contributed by atoms with Crippen molar-refractivity contribution in [3.63, 3.8) is 0 Å². The number of amides is 2. The second-order valence-corrected chi connectivity index (χ2v) is 14.7. The minimum absolute atomic E-state index is 0.0318. The molecule has 4 aliphatic rings. The van der Waals surface area contributed by atoms with Gasteiger partial charge in [-0.25, -0.2) is 14.8 Å². The second-order valence-electron chi connectivity index (χ2n) is 14.7. The Hall–Kier alpha value is -3.57. The number of benzene rings is 1. The van der Waals surface area contributed by atoms with Crippen LogP contribution in [-0.2, 0) is 20.2 Å². The van der Waals surface area contributed by atoms with E-state index < -0.39 is 64.2 Å². The highest BCUT2D eigenvalue weighted by atomic mass is 19.3. The molecule has 2 aromatic rings. The van der Waals surface area contributed by atoms with Crippen LogP contribution in [0.2, 0.25) is 0 Å². The van der Waals surface area contributed by atoms with Crippen molar-refractivity contribution < 1.29 is 37.4 Å². The van der Waals surface area contributed by atoms with Gasteiger partial charge < -0.3 is 29.2 Å². The lowest BCUT2D eigenvalue weighted by molar-refractivity contribution is -0.139. The number of hydrogen-bond acceptors (Lipinski definition) is 8. The van der Waals surface area contributed by atoms with E-state index in [0.717, 1.165) is 0 Å². The average molecular weight is 629 g/mol. The van der Waals surface area contributed by atoms with E-state index in [1.165, 1.54) is 12.0 Å². The second kappa shape index (κ2) is 10.8. The zero-order valence-corrected chi connectivity index (χ0v) is 26.7. The lowest BCUT2D eigenvalue weighted by Gasteiger charge is -2.35. The number of nitrogens with one attached hydrogen (secondary N) is 1. The predicted octanol–water partition coefficient (Wildman–Crippen LogP) is 5.41. The smallest absolute Gasteiger partial charge is 0.408 e. The maximum absolute atomic E-state index is 16.7. The van der Waals surface area contributed by atoms with E-state index in [1.807, 2.05) is 27.7 Å². The van der Waals surface area contributed by atoms with Crippen molar-refractivity contribution in [3.05, 3.63) is 23.9 Å². The first kappa shape index (κ1) is 31.4. The molecule has 1 aromatic carbocycles. The molecule has 0 unspecified atom stereocenters. The lowest BCUT2D eigenvalue weighted by Crippen LogP contribution is -2.56. The molecule has 1 spiro atoms. The molecule has 2 amide bonds. The molecule has 6 atom stereocenters. The zero-order valence-electron chi connectivity index (χ0n) is 26.7. The molecular formula is C33H42F2N4O6. The first-order valence-corrected chi connectivity index (χ1v) is 15.8. The minimum atomic E-state index is -3.35. The Morgan fingerprint density at radius 1 is 1.13 bits per heavy atom. The molecule has 2 saturated carbocycles. The number of aromatic nitrogens is 2. The van der Waals surface area contributed by atoms with E-state index in [9.17, 15) is 14.4 Å². The highest BCUT2D eigenvalue weighted by Gasteiger charge is 2.65. The molecule has 3 fully saturated rings. The third kappa shape index (κ3) is 5.48. The normalized spacial score (nSPS) is 32.7. The van der Waals surface area contributed by atoms with Gasteiger partial charge in [0.1, 0.15) is 29.8 Å². The number of alkyl halides is 2. The van der Waals surface area contributed by atoms with Crippen LogP contribution in [0, 0.1) is 22.7 Å². The quantitative estimate of drug-likeness (QED) is 0.439. The fourth-order valence-corrected chi connectivity index (χ4v) is 7.09. The molecule has 244 valence electrons. The van der Waals surface area contributed by atoms with Gasteiger partial charge in [-0.15, -0.1) is 0 Å². The van der Waals surface area contributed by atoms with Gasteiger partial charge in [0.15, 0.2) is 5.69 Å². The molecule has 1 saturated heterocycles. The summed E-state index contributed by atoms with van der Waals surface area (Å²) >= 11 is 0. The summed E-state index contributed by atoms with van der Waals surface area (Å²) in [6.45, 7) is 8.94. The van der Waals surface area contributed by atoms with Gasteiger partial charge in [0.05, 0.1) is 30.7 Å². The van der Waals surface area contributed by atoms with E-state index in [-0.39, 0.29) is 30.3 Å². The Balaban J connectivity index is 1.44. The fourth-order valence-electron chi connectivity index (χ4n) is 7.09. The Labute approximate surface area is 261 Å². The van der Waals surface area contributed by atoms with Gasteiger partial charge in [-0.2, -0.15) is 8.78 Å². The third-order valence-electron chi connectivity index (χ3n) is 10.5. The van der Waals surface area contributed by atoms with Crippen molar-refractivity contribution in [2.75, 3.05) is 13.7 Å². The number of rotatable bonds is 2. The predicted molar refractivity (Wildman–Crippen MR) is 160 cm³/mol. The van der Waals surface area contributed by atoms with Crippen molar-refractivity contribution >= 4 is 29.3 Å². The topological polar surface area (TPSA) is 120 Å². The first-order valence-electron chi connectivity index (χ1n) is 15.8. The number of methoxy groups -OCH3 is 1. The van der Waals surface area contributed by atoms with E-state index >= 15 is 8.78 Å². The van der Waals surface area contributed by atoms with Crippen LogP contribution < -0.4 is 14.8 Å². The van der Waals surface area contributed by atoms with E-state index in [1.54, 1.807) is 25.1 Å². The summed E-state index contributed by atoms with van der Waals surface area (Å²) in [5.74, 6) is -4.19. The molecule has 2 bridgehead atoms. The molecule has 2 aliphatic heterocycles. The third-order valence-corrected chi connectivity index (χ3v) is 10.5. The monoisotopic (exact) mass is 628 g/mol. The molecule has 1 aromatic heterocycles. The Kier molecular flexibility index (Phi) is 7.51.